The van der Waals surface area contributed by atoms with Gasteiger partial charge in [-0.15, -0.1) is 0 Å². The summed E-state index contributed by atoms with van der Waals surface area (Å²) in [6.45, 7) is 4.15. The molecule has 2 aromatic rings. The van der Waals surface area contributed by atoms with Crippen molar-refractivity contribution >= 4 is 17.7 Å². The van der Waals surface area contributed by atoms with Gasteiger partial charge in [-0.3, -0.25) is 14.4 Å². The molecule has 0 aliphatic carbocycles. The second-order valence-electron chi connectivity index (χ2n) is 8.60. The molecule has 3 atom stereocenters. The number of furan rings is 2. The van der Waals surface area contributed by atoms with Crippen LogP contribution in [0.1, 0.15) is 59.4 Å². The van der Waals surface area contributed by atoms with Gasteiger partial charge in [0.25, 0.3) is 5.91 Å². The standard InChI is InChI=1S/C23H29N3O5/c1-14-12-16(15(2)31-14)21(28)26-19(18-8-7-11-30-18)17(20(27)24-3)13-23(26)9-5-6-10-25(4)22(23)29/h7-8,11-12,17,19H,5-6,9-10,13H2,1-4H3,(H,24,27)/t17-,19+,23-/m0/s1. The van der Waals surface area contributed by atoms with E-state index in [1.165, 1.54) is 6.26 Å². The Morgan fingerprint density at radius 3 is 2.65 bits per heavy atom. The molecule has 8 nitrogen and oxygen atoms in total. The topological polar surface area (TPSA) is 96.0 Å². The molecule has 0 saturated carbocycles. The van der Waals surface area contributed by atoms with E-state index in [0.717, 1.165) is 12.8 Å². The molecule has 1 spiro atoms. The van der Waals surface area contributed by atoms with Crippen LogP contribution >= 0.6 is 0 Å². The lowest BCUT2D eigenvalue weighted by molar-refractivity contribution is -0.140. The van der Waals surface area contributed by atoms with Crippen LogP contribution in [0.25, 0.3) is 0 Å². The minimum atomic E-state index is -1.12. The lowest BCUT2D eigenvalue weighted by Gasteiger charge is -2.40. The third kappa shape index (κ3) is 3.34. The number of rotatable bonds is 3. The Bertz CT molecular complexity index is 995. The molecule has 31 heavy (non-hydrogen) atoms. The van der Waals surface area contributed by atoms with Crippen molar-refractivity contribution in [2.75, 3.05) is 20.6 Å². The molecule has 2 aliphatic rings. The van der Waals surface area contributed by atoms with Crippen LogP contribution in [-0.4, -0.2) is 53.7 Å². The number of nitrogens with one attached hydrogen (secondary N) is 1. The summed E-state index contributed by atoms with van der Waals surface area (Å²) in [5.41, 5.74) is -0.708. The van der Waals surface area contributed by atoms with Gasteiger partial charge in [0.2, 0.25) is 11.8 Å². The summed E-state index contributed by atoms with van der Waals surface area (Å²) < 4.78 is 11.3. The molecule has 2 aromatic heterocycles. The Labute approximate surface area is 181 Å². The smallest absolute Gasteiger partial charge is 0.258 e. The molecule has 0 bridgehead atoms. The van der Waals surface area contributed by atoms with E-state index in [9.17, 15) is 14.4 Å². The van der Waals surface area contributed by atoms with E-state index in [1.54, 1.807) is 55.9 Å². The number of nitrogens with zero attached hydrogens (tertiary/aromatic N) is 2. The largest absolute Gasteiger partial charge is 0.467 e. The predicted octanol–water partition coefficient (Wildman–Crippen LogP) is 2.82. The van der Waals surface area contributed by atoms with E-state index in [-0.39, 0.29) is 24.1 Å². The van der Waals surface area contributed by atoms with E-state index in [2.05, 4.69) is 5.32 Å². The molecule has 4 heterocycles. The number of carbonyl (C=O) groups is 3. The van der Waals surface area contributed by atoms with E-state index in [4.69, 9.17) is 8.83 Å². The summed E-state index contributed by atoms with van der Waals surface area (Å²) in [6, 6.07) is 4.51. The van der Waals surface area contributed by atoms with Gasteiger partial charge in [0.1, 0.15) is 28.9 Å². The second kappa shape index (κ2) is 7.90. The highest BCUT2D eigenvalue weighted by Crippen LogP contribution is 2.51. The molecule has 2 fully saturated rings. The van der Waals surface area contributed by atoms with Gasteiger partial charge >= 0.3 is 0 Å². The number of hydrogen-bond donors (Lipinski definition) is 1. The molecule has 166 valence electrons. The van der Waals surface area contributed by atoms with Crippen molar-refractivity contribution in [2.45, 2.75) is 51.1 Å². The van der Waals surface area contributed by atoms with Gasteiger partial charge < -0.3 is 24.0 Å². The lowest BCUT2D eigenvalue weighted by atomic mass is 9.85. The zero-order chi connectivity index (χ0) is 22.3. The number of carbonyl (C=O) groups excluding carboxylic acids is 3. The summed E-state index contributed by atoms with van der Waals surface area (Å²) in [5, 5.41) is 2.72. The van der Waals surface area contributed by atoms with Crippen LogP contribution in [0.15, 0.2) is 33.3 Å². The second-order valence-corrected chi connectivity index (χ2v) is 8.60. The number of aryl methyl sites for hydroxylation is 2. The van der Waals surface area contributed by atoms with Gasteiger partial charge in [0.05, 0.1) is 17.7 Å². The average Bonchev–Trinajstić information content (AvgIpc) is 3.44. The SMILES string of the molecule is CNC(=O)[C@H]1C[C@]2(CCCCN(C)C2=O)N(C(=O)c2cc(C)oc2C)[C@H]1c1ccco1. The maximum absolute atomic E-state index is 14.0. The number of amides is 3. The van der Waals surface area contributed by atoms with Crippen molar-refractivity contribution in [3.63, 3.8) is 0 Å². The maximum Gasteiger partial charge on any atom is 0.258 e. The number of likely N-dealkylation sites (N-methyl/N-ethyl adjacent to an activating group) is 1. The first-order valence-electron chi connectivity index (χ1n) is 10.7. The summed E-state index contributed by atoms with van der Waals surface area (Å²) in [4.78, 5) is 44.0. The van der Waals surface area contributed by atoms with Gasteiger partial charge in [-0.05, 0) is 57.7 Å². The number of likely N-dealkylation sites (tertiary alicyclic amines) is 2. The van der Waals surface area contributed by atoms with E-state index in [0.29, 0.717) is 35.8 Å². The fraction of sp³-hybridized carbons (Fsp3) is 0.522. The molecule has 2 saturated heterocycles. The van der Waals surface area contributed by atoms with Crippen LogP contribution < -0.4 is 5.32 Å². The van der Waals surface area contributed by atoms with E-state index in [1.807, 2.05) is 0 Å². The number of hydrogen-bond acceptors (Lipinski definition) is 5. The predicted molar refractivity (Wildman–Crippen MR) is 112 cm³/mol. The highest BCUT2D eigenvalue weighted by atomic mass is 16.3. The quantitative estimate of drug-likeness (QED) is 0.813. The van der Waals surface area contributed by atoms with Crippen molar-refractivity contribution in [1.29, 1.82) is 0 Å². The summed E-state index contributed by atoms with van der Waals surface area (Å²) in [5.74, 6) is 0.352. The van der Waals surface area contributed by atoms with Crippen molar-refractivity contribution in [1.82, 2.24) is 15.1 Å². The highest BCUT2D eigenvalue weighted by molar-refractivity contribution is 6.02. The minimum Gasteiger partial charge on any atom is -0.467 e. The van der Waals surface area contributed by atoms with Crippen LogP contribution in [0.2, 0.25) is 0 Å². The molecule has 3 amide bonds. The zero-order valence-corrected chi connectivity index (χ0v) is 18.4. The molecule has 2 aliphatic heterocycles. The van der Waals surface area contributed by atoms with Crippen molar-refractivity contribution in [3.05, 3.63) is 47.3 Å². The fourth-order valence-corrected chi connectivity index (χ4v) is 5.26. The summed E-state index contributed by atoms with van der Waals surface area (Å²) >= 11 is 0. The fourth-order valence-electron chi connectivity index (χ4n) is 5.26. The third-order valence-corrected chi connectivity index (χ3v) is 6.66. The first-order valence-corrected chi connectivity index (χ1v) is 10.7. The van der Waals surface area contributed by atoms with Crippen LogP contribution in [0, 0.1) is 19.8 Å². The Kier molecular flexibility index (Phi) is 5.41. The first kappa shape index (κ1) is 21.2. The van der Waals surface area contributed by atoms with Crippen molar-refractivity contribution in [3.8, 4) is 0 Å². The molecule has 0 unspecified atom stereocenters. The maximum atomic E-state index is 14.0. The Balaban J connectivity index is 1.92. The average molecular weight is 428 g/mol. The van der Waals surface area contributed by atoms with Crippen LogP contribution in [0.4, 0.5) is 0 Å². The lowest BCUT2D eigenvalue weighted by Crippen LogP contribution is -2.57. The molecule has 0 radical (unpaired) electrons. The van der Waals surface area contributed by atoms with Crippen LogP contribution in [-0.2, 0) is 9.59 Å². The van der Waals surface area contributed by atoms with Gasteiger partial charge in [0, 0.05) is 20.6 Å². The third-order valence-electron chi connectivity index (χ3n) is 6.66. The van der Waals surface area contributed by atoms with Gasteiger partial charge in [-0.1, -0.05) is 0 Å². The Morgan fingerprint density at radius 2 is 2.03 bits per heavy atom. The van der Waals surface area contributed by atoms with E-state index >= 15 is 0 Å². The van der Waals surface area contributed by atoms with Gasteiger partial charge in [-0.25, -0.2) is 0 Å². The molecule has 4 rings (SSSR count). The normalized spacial score (nSPS) is 26.4. The Morgan fingerprint density at radius 1 is 1.26 bits per heavy atom. The zero-order valence-electron chi connectivity index (χ0n) is 18.4. The van der Waals surface area contributed by atoms with Gasteiger partial charge in [0.15, 0.2) is 0 Å². The molecular weight excluding hydrogens is 398 g/mol. The van der Waals surface area contributed by atoms with E-state index < -0.39 is 17.5 Å². The molecule has 0 aromatic carbocycles. The van der Waals surface area contributed by atoms with Crippen LogP contribution in [0.3, 0.4) is 0 Å². The Hall–Kier alpha value is -3.03. The monoisotopic (exact) mass is 427 g/mol. The first-order chi connectivity index (χ1) is 14.8. The molecular formula is C23H29N3O5. The molecule has 8 heteroatoms. The highest BCUT2D eigenvalue weighted by Gasteiger charge is 2.61. The summed E-state index contributed by atoms with van der Waals surface area (Å²) in [7, 11) is 3.34. The molecule has 1 N–H and O–H groups in total. The van der Waals surface area contributed by atoms with Gasteiger partial charge in [-0.2, -0.15) is 0 Å². The van der Waals surface area contributed by atoms with Crippen molar-refractivity contribution in [2.24, 2.45) is 5.92 Å². The minimum absolute atomic E-state index is 0.126. The van der Waals surface area contributed by atoms with Crippen LogP contribution in [0.5, 0.6) is 0 Å². The van der Waals surface area contributed by atoms with Crippen molar-refractivity contribution < 1.29 is 23.2 Å². The summed E-state index contributed by atoms with van der Waals surface area (Å²) in [6.07, 6.45) is 3.92.